The molecule has 0 fully saturated rings. The summed E-state index contributed by atoms with van der Waals surface area (Å²) >= 11 is 5.04. The average molecular weight is 823 g/mol. The molecule has 0 saturated heterocycles. The topological polar surface area (TPSA) is 147 Å². The van der Waals surface area contributed by atoms with Crippen LogP contribution >= 0.6 is 27.3 Å². The second kappa shape index (κ2) is 20.0. The summed E-state index contributed by atoms with van der Waals surface area (Å²) in [6.45, 7) is 7.74. The van der Waals surface area contributed by atoms with E-state index >= 15 is 0 Å². The molecule has 0 aliphatic carbocycles. The predicted molar refractivity (Wildman–Crippen MR) is 233 cm³/mol. The first-order chi connectivity index (χ1) is 25.1. The number of thiazole rings is 1. The van der Waals surface area contributed by atoms with Gasteiger partial charge in [0, 0.05) is 79.4 Å². The molecule has 3 heterocycles. The maximum Gasteiger partial charge on any atom is 0.251 e. The summed E-state index contributed by atoms with van der Waals surface area (Å²) in [4.78, 5) is 46.1. The summed E-state index contributed by atoms with van der Waals surface area (Å²) in [5.41, 5.74) is 5.66. The van der Waals surface area contributed by atoms with Crippen LogP contribution in [-0.4, -0.2) is 48.8 Å². The number of carbonyl (C=O) groups is 2. The standard InChI is InChI=1S/C21H19N5OS.C18H17BrN4O.3CH4/c1-13(2)24-19(27)14-3-6-17(7-4-14)25-21-23-12-16-11-15(5-8-18(16)26-21)20-22-9-10-28-20;1-11(2)21-17(24)12-3-6-15(7-4-12)22-18-20-10-13-9-14(19)5-8-16(13)23-18;;;/h3-13H,1-2H3,(H,24,27)(H,23,25,26);3-11H,1-2H3,(H,21,24)(H,20,22,23);3*1H4. The third-order valence-corrected chi connectivity index (χ3v) is 8.76. The number of hydrogen-bond acceptors (Lipinski definition) is 10. The highest BCUT2D eigenvalue weighted by molar-refractivity contribution is 9.10. The maximum absolute atomic E-state index is 12.0. The number of halogens is 1. The summed E-state index contributed by atoms with van der Waals surface area (Å²) < 4.78 is 0.995. The van der Waals surface area contributed by atoms with Crippen molar-refractivity contribution in [2.45, 2.75) is 62.1 Å². The normalized spacial score (nSPS) is 10.3. The Labute approximate surface area is 335 Å². The molecule has 0 saturated carbocycles. The van der Waals surface area contributed by atoms with Crippen molar-refractivity contribution < 1.29 is 9.59 Å². The van der Waals surface area contributed by atoms with E-state index in [1.807, 2.05) is 93.7 Å². The molecule has 2 amide bonds. The number of anilines is 4. The molecule has 7 rings (SSSR count). The van der Waals surface area contributed by atoms with Crippen molar-refractivity contribution in [3.05, 3.63) is 124 Å². The Morgan fingerprint density at radius 3 is 1.55 bits per heavy atom. The Morgan fingerprint density at radius 2 is 1.09 bits per heavy atom. The first-order valence-corrected chi connectivity index (χ1v) is 18.2. The Kier molecular flexibility index (Phi) is 15.9. The zero-order valence-electron chi connectivity index (χ0n) is 28.9. The molecule has 0 unspecified atom stereocenters. The van der Waals surface area contributed by atoms with Crippen LogP contribution in [0.25, 0.3) is 32.4 Å². The van der Waals surface area contributed by atoms with Crippen LogP contribution < -0.4 is 21.3 Å². The number of benzene rings is 4. The van der Waals surface area contributed by atoms with Gasteiger partial charge in [0.15, 0.2) is 0 Å². The molecule has 0 spiro atoms. The molecule has 11 nitrogen and oxygen atoms in total. The Morgan fingerprint density at radius 1 is 0.618 bits per heavy atom. The molecule has 0 atom stereocenters. The van der Waals surface area contributed by atoms with Crippen LogP contribution in [-0.2, 0) is 0 Å². The van der Waals surface area contributed by atoms with Crippen LogP contribution in [0.1, 0.15) is 70.7 Å². The van der Waals surface area contributed by atoms with Gasteiger partial charge in [-0.05, 0) is 113 Å². The minimum atomic E-state index is -0.0838. The molecule has 0 bridgehead atoms. The van der Waals surface area contributed by atoms with Crippen molar-refractivity contribution in [3.8, 4) is 10.6 Å². The fraction of sp³-hybridized carbons (Fsp3) is 0.214. The van der Waals surface area contributed by atoms with Crippen LogP contribution in [0.15, 0.2) is 113 Å². The third kappa shape index (κ3) is 11.8. The number of nitrogens with zero attached hydrogens (tertiary/aromatic N) is 5. The number of fused-ring (bicyclic) bond motifs is 2. The van der Waals surface area contributed by atoms with Crippen LogP contribution in [0, 0.1) is 0 Å². The van der Waals surface area contributed by atoms with Crippen LogP contribution in [0.5, 0.6) is 0 Å². The van der Waals surface area contributed by atoms with E-state index in [1.54, 1.807) is 54.2 Å². The molecule has 0 aliphatic rings. The number of hydrogen-bond donors (Lipinski definition) is 4. The lowest BCUT2D eigenvalue weighted by Gasteiger charge is -2.09. The van der Waals surface area contributed by atoms with Gasteiger partial charge in [-0.25, -0.2) is 24.9 Å². The summed E-state index contributed by atoms with van der Waals surface area (Å²) in [6.07, 6.45) is 5.37. The molecular weight excluding hydrogens is 774 g/mol. The van der Waals surface area contributed by atoms with E-state index in [1.165, 1.54) is 0 Å². The van der Waals surface area contributed by atoms with Crippen molar-refractivity contribution in [2.75, 3.05) is 10.6 Å². The van der Waals surface area contributed by atoms with Crippen molar-refractivity contribution in [3.63, 3.8) is 0 Å². The van der Waals surface area contributed by atoms with Gasteiger partial charge >= 0.3 is 0 Å². The molecule has 13 heteroatoms. The highest BCUT2D eigenvalue weighted by atomic mass is 79.9. The van der Waals surface area contributed by atoms with Gasteiger partial charge in [-0.2, -0.15) is 0 Å². The number of aromatic nitrogens is 5. The van der Waals surface area contributed by atoms with Gasteiger partial charge in [0.1, 0.15) is 5.01 Å². The van der Waals surface area contributed by atoms with E-state index in [9.17, 15) is 9.59 Å². The number of carbonyl (C=O) groups excluding carboxylic acids is 2. The van der Waals surface area contributed by atoms with Crippen LogP contribution in [0.2, 0.25) is 0 Å². The Hall–Kier alpha value is -5.79. The highest BCUT2D eigenvalue weighted by Gasteiger charge is 2.10. The second-order valence-corrected chi connectivity index (χ2v) is 14.2. The van der Waals surface area contributed by atoms with Crippen molar-refractivity contribution in [1.29, 1.82) is 0 Å². The van der Waals surface area contributed by atoms with Gasteiger partial charge in [0.05, 0.1) is 11.0 Å². The molecular formula is C42H48BrN9O2S. The largest absolute Gasteiger partial charge is 0.350 e. The number of rotatable bonds is 9. The first kappa shape index (κ1) is 43.6. The molecule has 0 aliphatic heterocycles. The second-order valence-electron chi connectivity index (χ2n) is 12.4. The molecule has 4 aromatic carbocycles. The minimum Gasteiger partial charge on any atom is -0.350 e. The molecule has 0 radical (unpaired) electrons. The van der Waals surface area contributed by atoms with Gasteiger partial charge in [-0.15, -0.1) is 11.3 Å². The van der Waals surface area contributed by atoms with Crippen LogP contribution in [0.3, 0.4) is 0 Å². The predicted octanol–water partition coefficient (Wildman–Crippen LogP) is 10.8. The monoisotopic (exact) mass is 821 g/mol. The van der Waals surface area contributed by atoms with E-state index in [2.05, 4.69) is 62.1 Å². The smallest absolute Gasteiger partial charge is 0.251 e. The van der Waals surface area contributed by atoms with E-state index in [0.717, 1.165) is 48.2 Å². The summed E-state index contributed by atoms with van der Waals surface area (Å²) in [5, 5.41) is 16.9. The fourth-order valence-corrected chi connectivity index (χ4v) is 6.03. The summed E-state index contributed by atoms with van der Waals surface area (Å²) in [7, 11) is 0. The van der Waals surface area contributed by atoms with Gasteiger partial charge in [0.25, 0.3) is 11.8 Å². The van der Waals surface area contributed by atoms with Gasteiger partial charge < -0.3 is 21.3 Å². The number of nitrogens with one attached hydrogen (secondary N) is 4. The molecule has 3 aromatic heterocycles. The lowest BCUT2D eigenvalue weighted by atomic mass is 10.1. The summed E-state index contributed by atoms with van der Waals surface area (Å²) in [5.74, 6) is 0.863. The van der Waals surface area contributed by atoms with Gasteiger partial charge in [-0.3, -0.25) is 9.59 Å². The lowest BCUT2D eigenvalue weighted by Crippen LogP contribution is -2.29. The molecule has 55 heavy (non-hydrogen) atoms. The van der Waals surface area contributed by atoms with Crippen molar-refractivity contribution in [2.24, 2.45) is 0 Å². The van der Waals surface area contributed by atoms with Crippen LogP contribution in [0.4, 0.5) is 23.3 Å². The average Bonchev–Trinajstić information content (AvgIpc) is 3.67. The van der Waals surface area contributed by atoms with Gasteiger partial charge in [0.2, 0.25) is 11.9 Å². The molecule has 7 aromatic rings. The third-order valence-electron chi connectivity index (χ3n) is 7.45. The highest BCUT2D eigenvalue weighted by Crippen LogP contribution is 2.26. The fourth-order valence-electron chi connectivity index (χ4n) is 5.02. The molecule has 4 N–H and O–H groups in total. The van der Waals surface area contributed by atoms with E-state index in [-0.39, 0.29) is 46.2 Å². The first-order valence-electron chi connectivity index (χ1n) is 16.5. The van der Waals surface area contributed by atoms with E-state index in [4.69, 9.17) is 0 Å². The number of amides is 2. The minimum absolute atomic E-state index is 0. The lowest BCUT2D eigenvalue weighted by molar-refractivity contribution is 0.0934. The van der Waals surface area contributed by atoms with Crippen molar-refractivity contribution >= 4 is 84.2 Å². The maximum atomic E-state index is 12.0. The van der Waals surface area contributed by atoms with E-state index < -0.39 is 0 Å². The quantitative estimate of drug-likeness (QED) is 0.112. The van der Waals surface area contributed by atoms with Gasteiger partial charge in [-0.1, -0.05) is 38.2 Å². The zero-order chi connectivity index (χ0) is 36.6. The Balaban J connectivity index is 0.000000283. The molecule has 286 valence electrons. The van der Waals surface area contributed by atoms with Crippen molar-refractivity contribution in [1.82, 2.24) is 35.6 Å². The SMILES string of the molecule is C.C.C.CC(C)NC(=O)c1ccc(Nc2ncc3cc(-c4nccs4)ccc3n2)cc1.CC(C)NC(=O)c1ccc(Nc2ncc3cc(Br)ccc3n2)cc1. The summed E-state index contributed by atoms with van der Waals surface area (Å²) in [6, 6.07) is 26.6. The Bertz CT molecular complexity index is 2320. The zero-order valence-corrected chi connectivity index (χ0v) is 31.3. The van der Waals surface area contributed by atoms with E-state index in [0.29, 0.717) is 23.0 Å².